The second kappa shape index (κ2) is 6.73. The minimum atomic E-state index is -0.384. The Morgan fingerprint density at radius 3 is 2.40 bits per heavy atom. The van der Waals surface area contributed by atoms with Crippen molar-refractivity contribution >= 4 is 34.3 Å². The van der Waals surface area contributed by atoms with Crippen molar-refractivity contribution in [3.8, 4) is 11.4 Å². The molecule has 128 valence electrons. The van der Waals surface area contributed by atoms with Crippen molar-refractivity contribution in [2.75, 3.05) is 0 Å². The molecule has 1 heterocycles. The molecule has 0 aliphatic carbocycles. The van der Waals surface area contributed by atoms with Gasteiger partial charge in [-0.3, -0.25) is 9.59 Å². The van der Waals surface area contributed by atoms with Gasteiger partial charge in [0.2, 0.25) is 0 Å². The topological polar surface area (TPSA) is 48.3 Å². The highest BCUT2D eigenvalue weighted by Gasteiger charge is 2.20. The van der Waals surface area contributed by atoms with Crippen LogP contribution in [-0.2, 0) is 4.79 Å². The van der Waals surface area contributed by atoms with Gasteiger partial charge in [-0.2, -0.15) is 0 Å². The van der Waals surface area contributed by atoms with Crippen LogP contribution in [0.25, 0.3) is 16.6 Å². The van der Waals surface area contributed by atoms with Gasteiger partial charge in [-0.15, -0.1) is 0 Å². The number of ketones is 1. The molecular formula is C20H18ClNO3. The maximum atomic E-state index is 12.5. The summed E-state index contributed by atoms with van der Waals surface area (Å²) in [5.41, 5.74) is 3.25. The van der Waals surface area contributed by atoms with Crippen LogP contribution in [0.5, 0.6) is 5.75 Å². The van der Waals surface area contributed by atoms with Gasteiger partial charge in [0, 0.05) is 46.8 Å². The van der Waals surface area contributed by atoms with E-state index < -0.39 is 0 Å². The first-order chi connectivity index (χ1) is 11.9. The molecule has 0 aliphatic rings. The van der Waals surface area contributed by atoms with E-state index in [9.17, 15) is 9.59 Å². The van der Waals surface area contributed by atoms with Crippen LogP contribution in [0.3, 0.4) is 0 Å². The lowest BCUT2D eigenvalue weighted by molar-refractivity contribution is -0.131. The standard InChI is InChI=1S/C20H18ClNO3/c1-4-19(24)20-12(2)22(15-7-5-14(21)6-8-15)18-11-16(25-13(3)23)9-10-17(18)20/h5-11H,4H2,1-3H3. The molecule has 3 aromatic rings. The third-order valence-corrected chi connectivity index (χ3v) is 4.37. The number of halogens is 1. The van der Waals surface area contributed by atoms with Crippen molar-refractivity contribution in [2.24, 2.45) is 0 Å². The molecule has 3 rings (SSSR count). The number of benzene rings is 2. The normalized spacial score (nSPS) is 10.9. The SMILES string of the molecule is CCC(=O)c1c(C)n(-c2ccc(Cl)cc2)c2cc(OC(C)=O)ccc12. The molecular weight excluding hydrogens is 338 g/mol. The number of ether oxygens (including phenoxy) is 1. The summed E-state index contributed by atoms with van der Waals surface area (Å²) < 4.78 is 7.20. The molecule has 4 nitrogen and oxygen atoms in total. The number of Topliss-reactive ketones (excluding diaryl/α,β-unsaturated/α-hetero) is 1. The minimum absolute atomic E-state index is 0.0791. The van der Waals surface area contributed by atoms with Gasteiger partial charge in [-0.25, -0.2) is 0 Å². The lowest BCUT2D eigenvalue weighted by atomic mass is 10.1. The van der Waals surface area contributed by atoms with E-state index in [-0.39, 0.29) is 11.8 Å². The quantitative estimate of drug-likeness (QED) is 0.371. The van der Waals surface area contributed by atoms with E-state index in [4.69, 9.17) is 16.3 Å². The Morgan fingerprint density at radius 1 is 1.12 bits per heavy atom. The van der Waals surface area contributed by atoms with Crippen LogP contribution in [0.15, 0.2) is 42.5 Å². The molecule has 0 bridgehead atoms. The lowest BCUT2D eigenvalue weighted by Gasteiger charge is -2.09. The molecule has 0 atom stereocenters. The lowest BCUT2D eigenvalue weighted by Crippen LogP contribution is -2.02. The van der Waals surface area contributed by atoms with Gasteiger partial charge in [-0.05, 0) is 43.3 Å². The average molecular weight is 356 g/mol. The Kier molecular flexibility index (Phi) is 4.64. The van der Waals surface area contributed by atoms with Gasteiger partial charge in [-0.1, -0.05) is 18.5 Å². The summed E-state index contributed by atoms with van der Waals surface area (Å²) in [6.45, 7) is 5.13. The third kappa shape index (κ3) is 3.17. The Bertz CT molecular complexity index is 971. The molecule has 0 amide bonds. The van der Waals surface area contributed by atoms with Gasteiger partial charge in [0.05, 0.1) is 5.52 Å². The summed E-state index contributed by atoms with van der Waals surface area (Å²) >= 11 is 6.00. The van der Waals surface area contributed by atoms with Crippen molar-refractivity contribution in [1.29, 1.82) is 0 Å². The van der Waals surface area contributed by atoms with Crippen molar-refractivity contribution in [1.82, 2.24) is 4.57 Å². The molecule has 5 heteroatoms. The number of rotatable bonds is 4. The zero-order valence-electron chi connectivity index (χ0n) is 14.3. The molecule has 0 unspecified atom stereocenters. The second-order valence-corrected chi connectivity index (χ2v) is 6.26. The number of carbonyl (C=O) groups excluding carboxylic acids is 2. The minimum Gasteiger partial charge on any atom is -0.427 e. The van der Waals surface area contributed by atoms with Gasteiger partial charge in [0.15, 0.2) is 5.78 Å². The van der Waals surface area contributed by atoms with Crippen molar-refractivity contribution < 1.29 is 14.3 Å². The fourth-order valence-electron chi connectivity index (χ4n) is 3.08. The van der Waals surface area contributed by atoms with E-state index in [0.717, 1.165) is 22.3 Å². The zero-order chi connectivity index (χ0) is 18.1. The molecule has 1 aromatic heterocycles. The van der Waals surface area contributed by atoms with Crippen LogP contribution in [0, 0.1) is 6.92 Å². The van der Waals surface area contributed by atoms with Gasteiger partial charge >= 0.3 is 5.97 Å². The highest BCUT2D eigenvalue weighted by Crippen LogP contribution is 2.33. The van der Waals surface area contributed by atoms with E-state index in [1.54, 1.807) is 24.3 Å². The number of fused-ring (bicyclic) bond motifs is 1. The average Bonchev–Trinajstić information content (AvgIpc) is 2.86. The fourth-order valence-corrected chi connectivity index (χ4v) is 3.20. The molecule has 0 radical (unpaired) electrons. The van der Waals surface area contributed by atoms with Crippen LogP contribution in [0.4, 0.5) is 0 Å². The molecule has 25 heavy (non-hydrogen) atoms. The summed E-state index contributed by atoms with van der Waals surface area (Å²) in [7, 11) is 0. The maximum absolute atomic E-state index is 12.5. The summed E-state index contributed by atoms with van der Waals surface area (Å²) in [5, 5.41) is 1.48. The summed E-state index contributed by atoms with van der Waals surface area (Å²) in [6.07, 6.45) is 0.423. The number of hydrogen-bond donors (Lipinski definition) is 0. The van der Waals surface area contributed by atoms with E-state index in [0.29, 0.717) is 22.8 Å². The largest absolute Gasteiger partial charge is 0.427 e. The molecule has 0 saturated heterocycles. The van der Waals surface area contributed by atoms with E-state index in [1.165, 1.54) is 6.92 Å². The Balaban J connectivity index is 2.32. The first kappa shape index (κ1) is 17.2. The predicted octanol–water partition coefficient (Wildman–Crippen LogP) is 5.11. The molecule has 0 fully saturated rings. The van der Waals surface area contributed by atoms with E-state index in [1.807, 2.05) is 36.6 Å². The Morgan fingerprint density at radius 2 is 1.80 bits per heavy atom. The predicted molar refractivity (Wildman–Crippen MR) is 99.0 cm³/mol. The number of aromatic nitrogens is 1. The zero-order valence-corrected chi connectivity index (χ0v) is 15.1. The van der Waals surface area contributed by atoms with Crippen LogP contribution in [0.2, 0.25) is 5.02 Å². The molecule has 0 aliphatic heterocycles. The van der Waals surface area contributed by atoms with Crippen molar-refractivity contribution in [3.63, 3.8) is 0 Å². The van der Waals surface area contributed by atoms with Gasteiger partial charge < -0.3 is 9.30 Å². The molecule has 2 aromatic carbocycles. The van der Waals surface area contributed by atoms with Crippen LogP contribution >= 0.6 is 11.6 Å². The molecule has 0 spiro atoms. The highest BCUT2D eigenvalue weighted by atomic mass is 35.5. The molecule has 0 saturated carbocycles. The number of hydrogen-bond acceptors (Lipinski definition) is 3. The second-order valence-electron chi connectivity index (χ2n) is 5.82. The number of esters is 1. The summed E-state index contributed by atoms with van der Waals surface area (Å²) in [5.74, 6) is 0.143. The maximum Gasteiger partial charge on any atom is 0.308 e. The number of nitrogens with zero attached hydrogens (tertiary/aromatic N) is 1. The summed E-state index contributed by atoms with van der Waals surface area (Å²) in [6, 6.07) is 12.7. The Hall–Kier alpha value is -2.59. The highest BCUT2D eigenvalue weighted by molar-refractivity contribution is 6.30. The third-order valence-electron chi connectivity index (χ3n) is 4.12. The van der Waals surface area contributed by atoms with Crippen molar-refractivity contribution in [2.45, 2.75) is 27.2 Å². The number of carbonyl (C=O) groups is 2. The van der Waals surface area contributed by atoms with Crippen LogP contribution in [-0.4, -0.2) is 16.3 Å². The Labute approximate surface area is 151 Å². The first-order valence-corrected chi connectivity index (χ1v) is 8.42. The smallest absolute Gasteiger partial charge is 0.308 e. The monoisotopic (exact) mass is 355 g/mol. The van der Waals surface area contributed by atoms with E-state index >= 15 is 0 Å². The van der Waals surface area contributed by atoms with Crippen LogP contribution in [0.1, 0.15) is 36.3 Å². The van der Waals surface area contributed by atoms with Crippen molar-refractivity contribution in [3.05, 3.63) is 58.7 Å². The van der Waals surface area contributed by atoms with Crippen LogP contribution < -0.4 is 4.74 Å². The summed E-state index contributed by atoms with van der Waals surface area (Å²) in [4.78, 5) is 23.8. The van der Waals surface area contributed by atoms with E-state index in [2.05, 4.69) is 0 Å². The first-order valence-electron chi connectivity index (χ1n) is 8.05. The molecule has 0 N–H and O–H groups in total. The van der Waals surface area contributed by atoms with Gasteiger partial charge in [0.25, 0.3) is 0 Å². The fraction of sp³-hybridized carbons (Fsp3) is 0.200. The van der Waals surface area contributed by atoms with Gasteiger partial charge in [0.1, 0.15) is 5.75 Å².